The van der Waals surface area contributed by atoms with Crippen molar-refractivity contribution >= 4 is 56.7 Å². The van der Waals surface area contributed by atoms with Gasteiger partial charge in [0.05, 0.1) is 11.8 Å². The molecule has 0 saturated carbocycles. The van der Waals surface area contributed by atoms with Crippen LogP contribution < -0.4 is 10.1 Å². The average Bonchev–Trinajstić information content (AvgIpc) is 3.13. The van der Waals surface area contributed by atoms with Gasteiger partial charge >= 0.3 is 0 Å². The Bertz CT molecular complexity index is 1950. The first kappa shape index (κ1) is 36.0. The molecule has 0 fully saturated rings. The van der Waals surface area contributed by atoms with Crippen molar-refractivity contribution in [2.24, 2.45) is 4.99 Å². The van der Waals surface area contributed by atoms with Crippen molar-refractivity contribution in [2.45, 2.75) is 19.6 Å². The number of hydrogen-bond acceptors (Lipinski definition) is 5. The minimum atomic E-state index is -0.756. The van der Waals surface area contributed by atoms with Crippen molar-refractivity contribution in [1.82, 2.24) is 10.2 Å². The van der Waals surface area contributed by atoms with E-state index >= 15 is 0 Å². The maximum absolute atomic E-state index is 14.2. The number of amidine groups is 1. The van der Waals surface area contributed by atoms with Crippen molar-refractivity contribution in [3.8, 4) is 5.75 Å². The van der Waals surface area contributed by atoms with E-state index < -0.39 is 17.9 Å². The van der Waals surface area contributed by atoms with Crippen molar-refractivity contribution in [3.05, 3.63) is 178 Å². The molecule has 0 spiro atoms. The van der Waals surface area contributed by atoms with Gasteiger partial charge in [-0.1, -0.05) is 125 Å². The summed E-state index contributed by atoms with van der Waals surface area (Å²) >= 11 is 4.44. The third-order valence-electron chi connectivity index (χ3n) is 7.49. The topological polar surface area (TPSA) is 88.1 Å². The second-order valence-electron chi connectivity index (χ2n) is 10.9. The summed E-state index contributed by atoms with van der Waals surface area (Å²) in [5, 5.41) is 3.15. The van der Waals surface area contributed by atoms with Crippen LogP contribution >= 0.6 is 27.7 Å². The molecule has 4 aromatic rings. The SMILES string of the molecule is C=C/C=C\C(=C/C)N1C(=O)/C(=C/c2cc(Br)ccc2OCc2ccc(F)cc2)C(=O)N=C1SCC(=O)NC(c1ccccc1)c1ccccc1. The summed E-state index contributed by atoms with van der Waals surface area (Å²) in [4.78, 5) is 46.7. The molecule has 4 aromatic carbocycles. The number of allylic oxidation sites excluding steroid dienone is 4. The van der Waals surface area contributed by atoms with Gasteiger partial charge in [-0.05, 0) is 66.1 Å². The van der Waals surface area contributed by atoms with Gasteiger partial charge in [0, 0.05) is 15.7 Å². The third kappa shape index (κ3) is 9.22. The number of nitrogens with zero attached hydrogens (tertiary/aromatic N) is 2. The molecule has 0 radical (unpaired) electrons. The van der Waals surface area contributed by atoms with Gasteiger partial charge in [-0.25, -0.2) is 4.39 Å². The van der Waals surface area contributed by atoms with Crippen molar-refractivity contribution in [3.63, 3.8) is 0 Å². The zero-order chi connectivity index (χ0) is 35.5. The van der Waals surface area contributed by atoms with Gasteiger partial charge in [0.1, 0.15) is 23.7 Å². The number of rotatable bonds is 12. The van der Waals surface area contributed by atoms with E-state index in [2.05, 4.69) is 32.8 Å². The van der Waals surface area contributed by atoms with Crippen LogP contribution in [0.15, 0.2) is 155 Å². The van der Waals surface area contributed by atoms with E-state index in [1.807, 2.05) is 60.7 Å². The lowest BCUT2D eigenvalue weighted by Gasteiger charge is -2.28. The molecule has 1 heterocycles. The van der Waals surface area contributed by atoms with Crippen LogP contribution in [0.5, 0.6) is 5.75 Å². The highest BCUT2D eigenvalue weighted by Gasteiger charge is 2.35. The van der Waals surface area contributed by atoms with E-state index in [1.54, 1.807) is 61.6 Å². The molecule has 0 unspecified atom stereocenters. The maximum Gasteiger partial charge on any atom is 0.285 e. The van der Waals surface area contributed by atoms with E-state index in [-0.39, 0.29) is 34.8 Å². The molecular formula is C40H33BrFN3O4S. The molecule has 252 valence electrons. The molecule has 5 rings (SSSR count). The highest BCUT2D eigenvalue weighted by molar-refractivity contribution is 9.10. The second kappa shape index (κ2) is 17.4. The molecule has 0 bridgehead atoms. The highest BCUT2D eigenvalue weighted by atomic mass is 79.9. The number of aliphatic imine (C=N–C) groups is 1. The second-order valence-corrected chi connectivity index (χ2v) is 12.8. The van der Waals surface area contributed by atoms with E-state index in [9.17, 15) is 18.8 Å². The van der Waals surface area contributed by atoms with Crippen LogP contribution in [0.4, 0.5) is 4.39 Å². The Labute approximate surface area is 303 Å². The summed E-state index contributed by atoms with van der Waals surface area (Å²) in [6.45, 7) is 5.61. The maximum atomic E-state index is 14.2. The highest BCUT2D eigenvalue weighted by Crippen LogP contribution is 2.31. The zero-order valence-electron chi connectivity index (χ0n) is 27.1. The van der Waals surface area contributed by atoms with Gasteiger partial charge in [-0.2, -0.15) is 4.99 Å². The fourth-order valence-electron chi connectivity index (χ4n) is 5.05. The summed E-state index contributed by atoms with van der Waals surface area (Å²) in [6.07, 6.45) is 8.05. The molecule has 0 saturated heterocycles. The first-order valence-corrected chi connectivity index (χ1v) is 17.4. The fourth-order valence-corrected chi connectivity index (χ4v) is 6.24. The van der Waals surface area contributed by atoms with Crippen LogP contribution in [-0.2, 0) is 21.0 Å². The number of carbonyl (C=O) groups excluding carboxylic acids is 3. The first-order chi connectivity index (χ1) is 24.3. The quantitative estimate of drug-likeness (QED) is 0.0891. The summed E-state index contributed by atoms with van der Waals surface area (Å²) in [6, 6.07) is 30.0. The molecule has 7 nitrogen and oxygen atoms in total. The lowest BCUT2D eigenvalue weighted by molar-refractivity contribution is -0.126. The predicted octanol–water partition coefficient (Wildman–Crippen LogP) is 8.56. The molecule has 1 aliphatic rings. The Morgan fingerprint density at radius 3 is 2.28 bits per heavy atom. The van der Waals surface area contributed by atoms with Crippen molar-refractivity contribution in [2.75, 3.05) is 5.75 Å². The monoisotopic (exact) mass is 749 g/mol. The van der Waals surface area contributed by atoms with E-state index in [0.717, 1.165) is 28.5 Å². The van der Waals surface area contributed by atoms with Crippen LogP contribution in [0.1, 0.15) is 35.2 Å². The molecule has 0 aromatic heterocycles. The summed E-state index contributed by atoms with van der Waals surface area (Å²) in [7, 11) is 0. The van der Waals surface area contributed by atoms with Crippen LogP contribution in [-0.4, -0.2) is 33.5 Å². The molecule has 50 heavy (non-hydrogen) atoms. The van der Waals surface area contributed by atoms with Gasteiger partial charge < -0.3 is 10.1 Å². The zero-order valence-corrected chi connectivity index (χ0v) is 29.5. The van der Waals surface area contributed by atoms with Crippen molar-refractivity contribution in [1.29, 1.82) is 0 Å². The van der Waals surface area contributed by atoms with Crippen LogP contribution in [0.25, 0.3) is 6.08 Å². The number of hydrogen-bond donors (Lipinski definition) is 1. The minimum absolute atomic E-state index is 0.0621. The standard InChI is InChI=1S/C40H33BrFN3O4S/c1-3-5-16-33(4-2)45-39(48)34(24-30-23-31(41)19-22-35(30)49-25-27-17-20-32(42)21-18-27)38(47)44-40(45)50-26-36(46)43-37(28-12-8-6-9-13-28)29-14-10-7-11-15-29/h3-24,37H,1,25-26H2,2H3,(H,43,46)/b16-5-,33-4+,34-24+. The van der Waals surface area contributed by atoms with Gasteiger partial charge in [0.25, 0.3) is 11.8 Å². The van der Waals surface area contributed by atoms with Gasteiger partial charge in [0.2, 0.25) is 5.91 Å². The Hall–Kier alpha value is -5.32. The Balaban J connectivity index is 1.42. The predicted molar refractivity (Wildman–Crippen MR) is 201 cm³/mol. The Morgan fingerprint density at radius 2 is 1.66 bits per heavy atom. The van der Waals surface area contributed by atoms with Gasteiger partial charge in [0.15, 0.2) is 5.17 Å². The number of nitrogens with one attached hydrogen (secondary N) is 1. The summed E-state index contributed by atoms with van der Waals surface area (Å²) in [5.41, 5.74) is 3.27. The molecule has 1 aliphatic heterocycles. The Kier molecular flexibility index (Phi) is 12.5. The smallest absolute Gasteiger partial charge is 0.285 e. The average molecular weight is 751 g/mol. The number of thioether (sulfide) groups is 1. The molecule has 0 aliphatic carbocycles. The van der Waals surface area contributed by atoms with Crippen LogP contribution in [0, 0.1) is 5.82 Å². The normalized spacial score (nSPS) is 14.3. The van der Waals surface area contributed by atoms with Crippen molar-refractivity contribution < 1.29 is 23.5 Å². The molecule has 10 heteroatoms. The van der Waals surface area contributed by atoms with E-state index in [0.29, 0.717) is 21.5 Å². The fraction of sp³-hybridized carbons (Fsp3) is 0.100. The first-order valence-electron chi connectivity index (χ1n) is 15.6. The largest absolute Gasteiger partial charge is 0.488 e. The number of carbonyl (C=O) groups is 3. The van der Waals surface area contributed by atoms with E-state index in [4.69, 9.17) is 4.74 Å². The summed E-state index contributed by atoms with van der Waals surface area (Å²) < 4.78 is 20.1. The summed E-state index contributed by atoms with van der Waals surface area (Å²) in [5.74, 6) is -1.74. The minimum Gasteiger partial charge on any atom is -0.488 e. The number of ether oxygens (including phenoxy) is 1. The molecular weight excluding hydrogens is 717 g/mol. The molecule has 1 N–H and O–H groups in total. The third-order valence-corrected chi connectivity index (χ3v) is 8.92. The van der Waals surface area contributed by atoms with Crippen LogP contribution in [0.3, 0.4) is 0 Å². The molecule has 3 amide bonds. The van der Waals surface area contributed by atoms with Gasteiger partial charge in [-0.3, -0.25) is 19.3 Å². The Morgan fingerprint density at radius 1 is 1.00 bits per heavy atom. The number of amides is 3. The van der Waals surface area contributed by atoms with Gasteiger partial charge in [-0.15, -0.1) is 0 Å². The van der Waals surface area contributed by atoms with Crippen LogP contribution in [0.2, 0.25) is 0 Å². The number of benzene rings is 4. The number of halogens is 2. The lowest BCUT2D eigenvalue weighted by atomic mass is 9.99. The lowest BCUT2D eigenvalue weighted by Crippen LogP contribution is -2.42. The molecule has 0 atom stereocenters. The van der Waals surface area contributed by atoms with E-state index in [1.165, 1.54) is 23.1 Å².